The summed E-state index contributed by atoms with van der Waals surface area (Å²) in [6, 6.07) is 3.39. The van der Waals surface area contributed by atoms with Crippen molar-refractivity contribution >= 4 is 22.4 Å². The molecule has 1 amide bonds. The third-order valence-corrected chi connectivity index (χ3v) is 3.13. The quantitative estimate of drug-likeness (QED) is 0.848. The van der Waals surface area contributed by atoms with Crippen molar-refractivity contribution in [2.75, 3.05) is 18.6 Å². The van der Waals surface area contributed by atoms with Crippen molar-refractivity contribution in [3.05, 3.63) is 35.5 Å². The van der Waals surface area contributed by atoms with Gasteiger partial charge in [-0.25, -0.2) is 9.97 Å². The molecule has 2 aromatic heterocycles. The highest BCUT2D eigenvalue weighted by Gasteiger charge is 2.15. The summed E-state index contributed by atoms with van der Waals surface area (Å²) in [5.41, 5.74) is 0.510. The van der Waals surface area contributed by atoms with Gasteiger partial charge in [-0.1, -0.05) is 0 Å². The average molecular weight is 263 g/mol. The number of hydrogen-bond acceptors (Lipinski definition) is 5. The lowest BCUT2D eigenvalue weighted by atomic mass is 10.2. The number of anilines is 1. The van der Waals surface area contributed by atoms with Crippen molar-refractivity contribution in [2.24, 2.45) is 0 Å². The van der Waals surface area contributed by atoms with Gasteiger partial charge in [0.2, 0.25) is 5.88 Å². The number of rotatable bonds is 4. The summed E-state index contributed by atoms with van der Waals surface area (Å²) in [7, 11) is 1.69. The zero-order valence-corrected chi connectivity index (χ0v) is 11.0. The number of amides is 1. The molecule has 0 saturated heterocycles. The largest absolute Gasteiger partial charge is 0.478 e. The molecule has 2 rings (SSSR count). The second kappa shape index (κ2) is 5.59. The molecular formula is C12H13N3O2S. The molecule has 0 saturated carbocycles. The van der Waals surface area contributed by atoms with Crippen LogP contribution in [0.5, 0.6) is 5.88 Å². The fourth-order valence-electron chi connectivity index (χ4n) is 1.40. The minimum atomic E-state index is -0.138. The Morgan fingerprint density at radius 3 is 2.83 bits per heavy atom. The van der Waals surface area contributed by atoms with E-state index in [1.54, 1.807) is 25.4 Å². The molecule has 2 aromatic rings. The third kappa shape index (κ3) is 2.65. The second-order valence-electron chi connectivity index (χ2n) is 3.50. The Morgan fingerprint density at radius 1 is 1.44 bits per heavy atom. The Labute approximate surface area is 109 Å². The Balaban J connectivity index is 2.13. The van der Waals surface area contributed by atoms with E-state index in [1.165, 1.54) is 22.4 Å². The van der Waals surface area contributed by atoms with E-state index in [9.17, 15) is 4.79 Å². The van der Waals surface area contributed by atoms with Gasteiger partial charge in [-0.2, -0.15) is 0 Å². The Kier molecular flexibility index (Phi) is 3.88. The minimum Gasteiger partial charge on any atom is -0.478 e. The molecule has 0 bridgehead atoms. The number of carbonyl (C=O) groups is 1. The molecule has 0 atom stereocenters. The summed E-state index contributed by atoms with van der Waals surface area (Å²) in [6.45, 7) is 2.44. The van der Waals surface area contributed by atoms with Crippen molar-refractivity contribution in [1.82, 2.24) is 9.97 Å². The normalized spacial score (nSPS) is 10.1. The lowest BCUT2D eigenvalue weighted by Crippen LogP contribution is -2.26. The van der Waals surface area contributed by atoms with E-state index in [-0.39, 0.29) is 5.91 Å². The van der Waals surface area contributed by atoms with Crippen LogP contribution in [0.15, 0.2) is 29.9 Å². The van der Waals surface area contributed by atoms with E-state index in [0.29, 0.717) is 23.2 Å². The standard InChI is InChI=1S/C12H13N3O2S/c1-3-17-10-5-4-9(8-14-10)11(16)15(2)12-13-6-7-18-12/h4-8H,3H2,1-2H3. The maximum absolute atomic E-state index is 12.1. The van der Waals surface area contributed by atoms with Crippen LogP contribution in [0.25, 0.3) is 0 Å². The first kappa shape index (κ1) is 12.5. The van der Waals surface area contributed by atoms with Crippen LogP contribution in [0.3, 0.4) is 0 Å². The topological polar surface area (TPSA) is 55.3 Å². The van der Waals surface area contributed by atoms with E-state index in [4.69, 9.17) is 4.74 Å². The fraction of sp³-hybridized carbons (Fsp3) is 0.250. The van der Waals surface area contributed by atoms with Crippen LogP contribution in [0.1, 0.15) is 17.3 Å². The van der Waals surface area contributed by atoms with Crippen LogP contribution in [0.4, 0.5) is 5.13 Å². The molecule has 5 nitrogen and oxygen atoms in total. The highest BCUT2D eigenvalue weighted by atomic mass is 32.1. The van der Waals surface area contributed by atoms with Crippen LogP contribution in [-0.4, -0.2) is 29.5 Å². The van der Waals surface area contributed by atoms with Gasteiger partial charge in [-0.3, -0.25) is 9.69 Å². The number of nitrogens with zero attached hydrogens (tertiary/aromatic N) is 3. The summed E-state index contributed by atoms with van der Waals surface area (Å²) in [4.78, 5) is 21.8. The van der Waals surface area contributed by atoms with E-state index in [1.807, 2.05) is 12.3 Å². The lowest BCUT2D eigenvalue weighted by Gasteiger charge is -2.13. The van der Waals surface area contributed by atoms with Gasteiger partial charge in [0, 0.05) is 30.9 Å². The lowest BCUT2D eigenvalue weighted by molar-refractivity contribution is 0.0992. The van der Waals surface area contributed by atoms with Gasteiger partial charge in [0.15, 0.2) is 5.13 Å². The number of carbonyl (C=O) groups excluding carboxylic acids is 1. The summed E-state index contributed by atoms with van der Waals surface area (Å²) >= 11 is 1.41. The van der Waals surface area contributed by atoms with Crippen molar-refractivity contribution in [2.45, 2.75) is 6.92 Å². The first-order valence-electron chi connectivity index (χ1n) is 5.48. The molecule has 0 N–H and O–H groups in total. The molecule has 18 heavy (non-hydrogen) atoms. The molecule has 94 valence electrons. The average Bonchev–Trinajstić information content (AvgIpc) is 2.92. The minimum absolute atomic E-state index is 0.138. The van der Waals surface area contributed by atoms with Gasteiger partial charge in [0.05, 0.1) is 12.2 Å². The van der Waals surface area contributed by atoms with Crippen LogP contribution in [-0.2, 0) is 0 Å². The smallest absolute Gasteiger partial charge is 0.261 e. The van der Waals surface area contributed by atoms with Gasteiger partial charge in [0.1, 0.15) is 0 Å². The number of hydrogen-bond donors (Lipinski definition) is 0. The molecule has 2 heterocycles. The van der Waals surface area contributed by atoms with Gasteiger partial charge < -0.3 is 4.74 Å². The van der Waals surface area contributed by atoms with Gasteiger partial charge in [0.25, 0.3) is 5.91 Å². The maximum atomic E-state index is 12.1. The highest BCUT2D eigenvalue weighted by molar-refractivity contribution is 7.13. The van der Waals surface area contributed by atoms with Crippen molar-refractivity contribution < 1.29 is 9.53 Å². The summed E-state index contributed by atoms with van der Waals surface area (Å²) < 4.78 is 5.23. The molecule has 0 unspecified atom stereocenters. The fourth-order valence-corrected chi connectivity index (χ4v) is 2.01. The number of ether oxygens (including phenoxy) is 1. The molecule has 0 radical (unpaired) electrons. The SMILES string of the molecule is CCOc1ccc(C(=O)N(C)c2nccs2)cn1. The number of aromatic nitrogens is 2. The maximum Gasteiger partial charge on any atom is 0.261 e. The molecule has 0 aromatic carbocycles. The van der Waals surface area contributed by atoms with Gasteiger partial charge in [-0.05, 0) is 13.0 Å². The van der Waals surface area contributed by atoms with Crippen LogP contribution < -0.4 is 9.64 Å². The van der Waals surface area contributed by atoms with Crippen LogP contribution in [0, 0.1) is 0 Å². The Hall–Kier alpha value is -1.95. The van der Waals surface area contributed by atoms with Gasteiger partial charge in [-0.15, -0.1) is 11.3 Å². The molecular weight excluding hydrogens is 250 g/mol. The van der Waals surface area contributed by atoms with Crippen molar-refractivity contribution in [3.8, 4) is 5.88 Å². The molecule has 0 fully saturated rings. The van der Waals surface area contributed by atoms with E-state index < -0.39 is 0 Å². The first-order valence-corrected chi connectivity index (χ1v) is 6.36. The summed E-state index contributed by atoms with van der Waals surface area (Å²) in [5, 5.41) is 2.49. The monoisotopic (exact) mass is 263 g/mol. The van der Waals surface area contributed by atoms with Crippen LogP contribution >= 0.6 is 11.3 Å². The third-order valence-electron chi connectivity index (χ3n) is 2.29. The van der Waals surface area contributed by atoms with Gasteiger partial charge >= 0.3 is 0 Å². The van der Waals surface area contributed by atoms with Crippen molar-refractivity contribution in [1.29, 1.82) is 0 Å². The Bertz CT molecular complexity index is 511. The second-order valence-corrected chi connectivity index (χ2v) is 4.37. The molecule has 0 aliphatic carbocycles. The predicted molar refractivity (Wildman–Crippen MR) is 70.3 cm³/mol. The summed E-state index contributed by atoms with van der Waals surface area (Å²) in [6.07, 6.45) is 3.18. The number of thiazole rings is 1. The van der Waals surface area contributed by atoms with Crippen LogP contribution in [0.2, 0.25) is 0 Å². The zero-order chi connectivity index (χ0) is 13.0. The van der Waals surface area contributed by atoms with Crippen molar-refractivity contribution in [3.63, 3.8) is 0 Å². The van der Waals surface area contributed by atoms with E-state index in [2.05, 4.69) is 9.97 Å². The summed E-state index contributed by atoms with van der Waals surface area (Å²) in [5.74, 6) is 0.381. The Morgan fingerprint density at radius 2 is 2.28 bits per heavy atom. The molecule has 6 heteroatoms. The van der Waals surface area contributed by atoms with E-state index in [0.717, 1.165) is 0 Å². The highest BCUT2D eigenvalue weighted by Crippen LogP contribution is 2.18. The molecule has 0 spiro atoms. The molecule has 0 aliphatic rings. The predicted octanol–water partition coefficient (Wildman–Crippen LogP) is 2.21. The van der Waals surface area contributed by atoms with E-state index >= 15 is 0 Å². The number of pyridine rings is 1. The molecule has 0 aliphatic heterocycles. The first-order chi connectivity index (χ1) is 8.72. The zero-order valence-electron chi connectivity index (χ0n) is 10.2.